The number of halogens is 3. The van der Waals surface area contributed by atoms with E-state index in [1.54, 1.807) is 0 Å². The van der Waals surface area contributed by atoms with Gasteiger partial charge in [0.1, 0.15) is 5.75 Å². The molecule has 2 aromatic rings. The first-order chi connectivity index (χ1) is 8.95. The van der Waals surface area contributed by atoms with Crippen LogP contribution in [0.1, 0.15) is 0 Å². The number of ether oxygens (including phenoxy) is 1. The number of aromatic nitrogens is 2. The van der Waals surface area contributed by atoms with Crippen molar-refractivity contribution in [3.8, 4) is 11.6 Å². The van der Waals surface area contributed by atoms with Gasteiger partial charge in [-0.05, 0) is 17.7 Å². The maximum atomic E-state index is 13.4. The Morgan fingerprint density at radius 2 is 2.16 bits per heavy atom. The van der Waals surface area contributed by atoms with Crippen LogP contribution in [-0.2, 0) is 0 Å². The minimum atomic E-state index is -0.827. The quantitative estimate of drug-likeness (QED) is 0.480. The lowest BCUT2D eigenvalue weighted by atomic mass is 10.3. The zero-order valence-corrected chi connectivity index (χ0v) is 11.4. The summed E-state index contributed by atoms with van der Waals surface area (Å²) in [6.07, 6.45) is 0.844. The van der Waals surface area contributed by atoms with Gasteiger partial charge in [-0.1, -0.05) is 15.9 Å². The summed E-state index contributed by atoms with van der Waals surface area (Å²) in [6.45, 7) is 0. The molecular formula is C10H4BrClFN3O3. The fraction of sp³-hybridized carbons (Fsp3) is 0. The standard InChI is InChI=1S/C10H4BrClFN3O3/c11-5-1-6(16(17)18)3-7(2-5)19-9-8(13)4-14-10(12)15-9/h1-4H. The minimum Gasteiger partial charge on any atom is -0.436 e. The van der Waals surface area contributed by atoms with Crippen LogP contribution in [-0.4, -0.2) is 14.9 Å². The zero-order valence-electron chi connectivity index (χ0n) is 9.01. The van der Waals surface area contributed by atoms with Crippen LogP contribution in [0.4, 0.5) is 10.1 Å². The van der Waals surface area contributed by atoms with Gasteiger partial charge in [0.25, 0.3) is 11.6 Å². The zero-order chi connectivity index (χ0) is 14.0. The molecule has 0 N–H and O–H groups in total. The first-order valence-electron chi connectivity index (χ1n) is 4.76. The van der Waals surface area contributed by atoms with E-state index < -0.39 is 16.6 Å². The molecule has 0 radical (unpaired) electrons. The van der Waals surface area contributed by atoms with Crippen LogP contribution >= 0.6 is 27.5 Å². The van der Waals surface area contributed by atoms with Gasteiger partial charge in [-0.25, -0.2) is 4.98 Å². The number of benzene rings is 1. The molecule has 0 bridgehead atoms. The molecule has 98 valence electrons. The van der Waals surface area contributed by atoms with E-state index in [1.807, 2.05) is 0 Å². The van der Waals surface area contributed by atoms with Crippen LogP contribution in [0.2, 0.25) is 5.28 Å². The normalized spacial score (nSPS) is 10.3. The minimum absolute atomic E-state index is 0.0507. The molecule has 0 saturated heterocycles. The van der Waals surface area contributed by atoms with Gasteiger partial charge >= 0.3 is 0 Å². The molecule has 0 atom stereocenters. The van der Waals surface area contributed by atoms with E-state index >= 15 is 0 Å². The second-order valence-corrected chi connectivity index (χ2v) is 4.55. The van der Waals surface area contributed by atoms with Crippen molar-refractivity contribution in [1.29, 1.82) is 0 Å². The van der Waals surface area contributed by atoms with E-state index in [2.05, 4.69) is 25.9 Å². The van der Waals surface area contributed by atoms with Crippen LogP contribution in [0.15, 0.2) is 28.9 Å². The predicted octanol–water partition coefficient (Wildman–Crippen LogP) is 3.73. The molecule has 9 heteroatoms. The maximum absolute atomic E-state index is 13.4. The Morgan fingerprint density at radius 3 is 2.84 bits per heavy atom. The van der Waals surface area contributed by atoms with Gasteiger partial charge in [-0.2, -0.15) is 9.37 Å². The van der Waals surface area contributed by atoms with E-state index in [0.29, 0.717) is 4.47 Å². The molecule has 0 aliphatic rings. The molecule has 19 heavy (non-hydrogen) atoms. The fourth-order valence-electron chi connectivity index (χ4n) is 1.23. The number of hydrogen-bond donors (Lipinski definition) is 0. The molecule has 2 rings (SSSR count). The number of nitro groups is 1. The Labute approximate surface area is 119 Å². The molecule has 1 heterocycles. The van der Waals surface area contributed by atoms with Gasteiger partial charge in [0, 0.05) is 10.5 Å². The highest BCUT2D eigenvalue weighted by Gasteiger charge is 2.13. The van der Waals surface area contributed by atoms with Gasteiger partial charge in [-0.3, -0.25) is 10.1 Å². The van der Waals surface area contributed by atoms with E-state index in [-0.39, 0.29) is 16.7 Å². The Kier molecular flexibility index (Phi) is 3.91. The van der Waals surface area contributed by atoms with E-state index in [0.717, 1.165) is 12.3 Å². The van der Waals surface area contributed by atoms with E-state index in [4.69, 9.17) is 16.3 Å². The summed E-state index contributed by atoms with van der Waals surface area (Å²) in [5.41, 5.74) is -0.204. The molecule has 0 aliphatic heterocycles. The lowest BCUT2D eigenvalue weighted by Gasteiger charge is -2.06. The Hall–Kier alpha value is -1.80. The molecule has 0 aliphatic carbocycles. The molecule has 0 saturated carbocycles. The number of hydrogen-bond acceptors (Lipinski definition) is 5. The van der Waals surface area contributed by atoms with E-state index in [9.17, 15) is 14.5 Å². The van der Waals surface area contributed by atoms with Crippen molar-refractivity contribution in [2.24, 2.45) is 0 Å². The van der Waals surface area contributed by atoms with E-state index in [1.165, 1.54) is 12.1 Å². The average Bonchev–Trinajstić information content (AvgIpc) is 2.33. The van der Waals surface area contributed by atoms with Crippen LogP contribution in [0.3, 0.4) is 0 Å². The summed E-state index contributed by atoms with van der Waals surface area (Å²) in [6, 6.07) is 3.86. The Morgan fingerprint density at radius 1 is 1.42 bits per heavy atom. The number of rotatable bonds is 3. The first-order valence-corrected chi connectivity index (χ1v) is 5.93. The largest absolute Gasteiger partial charge is 0.436 e. The fourth-order valence-corrected chi connectivity index (χ4v) is 1.81. The van der Waals surface area contributed by atoms with Crippen molar-refractivity contribution in [1.82, 2.24) is 9.97 Å². The van der Waals surface area contributed by atoms with Crippen LogP contribution < -0.4 is 4.74 Å². The highest BCUT2D eigenvalue weighted by atomic mass is 79.9. The highest BCUT2D eigenvalue weighted by Crippen LogP contribution is 2.30. The average molecular weight is 349 g/mol. The number of nitro benzene ring substituents is 1. The highest BCUT2D eigenvalue weighted by molar-refractivity contribution is 9.10. The van der Waals surface area contributed by atoms with Crippen molar-refractivity contribution in [3.05, 3.63) is 50.1 Å². The maximum Gasteiger partial charge on any atom is 0.274 e. The molecule has 0 spiro atoms. The van der Waals surface area contributed by atoms with Gasteiger partial charge in [0.05, 0.1) is 17.2 Å². The topological polar surface area (TPSA) is 78.2 Å². The summed E-state index contributed by atoms with van der Waals surface area (Å²) >= 11 is 8.60. The molecule has 6 nitrogen and oxygen atoms in total. The van der Waals surface area contributed by atoms with Crippen molar-refractivity contribution in [2.75, 3.05) is 0 Å². The second kappa shape index (κ2) is 5.45. The first kappa shape index (κ1) is 13.6. The molecule has 0 unspecified atom stereocenters. The van der Waals surface area contributed by atoms with Crippen molar-refractivity contribution < 1.29 is 14.1 Å². The van der Waals surface area contributed by atoms with Gasteiger partial charge in [-0.15, -0.1) is 0 Å². The third-order valence-corrected chi connectivity index (χ3v) is 2.60. The lowest BCUT2D eigenvalue weighted by Crippen LogP contribution is -1.95. The summed E-state index contributed by atoms with van der Waals surface area (Å²) in [5, 5.41) is 10.5. The Balaban J connectivity index is 2.38. The van der Waals surface area contributed by atoms with Crippen LogP contribution in [0.25, 0.3) is 0 Å². The second-order valence-electron chi connectivity index (χ2n) is 3.30. The van der Waals surface area contributed by atoms with Crippen molar-refractivity contribution in [2.45, 2.75) is 0 Å². The molecule has 1 aromatic carbocycles. The smallest absolute Gasteiger partial charge is 0.274 e. The summed E-state index contributed by atoms with van der Waals surface area (Å²) in [5.74, 6) is -1.19. The summed E-state index contributed by atoms with van der Waals surface area (Å²) < 4.78 is 18.9. The summed E-state index contributed by atoms with van der Waals surface area (Å²) in [4.78, 5) is 17.1. The molecule has 0 amide bonds. The van der Waals surface area contributed by atoms with Gasteiger partial charge < -0.3 is 4.74 Å². The monoisotopic (exact) mass is 347 g/mol. The predicted molar refractivity (Wildman–Crippen MR) is 67.9 cm³/mol. The van der Waals surface area contributed by atoms with Crippen molar-refractivity contribution >= 4 is 33.2 Å². The van der Waals surface area contributed by atoms with Gasteiger partial charge in [0.15, 0.2) is 0 Å². The SMILES string of the molecule is O=[N+]([O-])c1cc(Br)cc(Oc2nc(Cl)ncc2F)c1. The lowest BCUT2D eigenvalue weighted by molar-refractivity contribution is -0.385. The third kappa shape index (κ3) is 3.36. The number of non-ortho nitro benzene ring substituents is 1. The molecule has 1 aromatic heterocycles. The Bertz CT molecular complexity index is 656. The van der Waals surface area contributed by atoms with Crippen molar-refractivity contribution in [3.63, 3.8) is 0 Å². The summed E-state index contributed by atoms with van der Waals surface area (Å²) in [7, 11) is 0. The van der Waals surface area contributed by atoms with Crippen LogP contribution in [0, 0.1) is 15.9 Å². The molecule has 0 fully saturated rings. The third-order valence-electron chi connectivity index (χ3n) is 1.96. The molecular weight excluding hydrogens is 344 g/mol. The van der Waals surface area contributed by atoms with Crippen LogP contribution in [0.5, 0.6) is 11.6 Å². The number of nitrogens with zero attached hydrogens (tertiary/aromatic N) is 3. The van der Waals surface area contributed by atoms with Gasteiger partial charge in [0.2, 0.25) is 11.1 Å².